The average Bonchev–Trinajstić information content (AvgIpc) is 2.61. The van der Waals surface area contributed by atoms with Gasteiger partial charge in [-0.3, -0.25) is 0 Å². The van der Waals surface area contributed by atoms with Gasteiger partial charge >= 0.3 is 0 Å². The van der Waals surface area contributed by atoms with Crippen LogP contribution in [0.25, 0.3) is 0 Å². The van der Waals surface area contributed by atoms with Crippen LogP contribution in [-0.4, -0.2) is 9.97 Å². The molecule has 0 radical (unpaired) electrons. The van der Waals surface area contributed by atoms with Gasteiger partial charge in [-0.25, -0.2) is 4.98 Å². The van der Waals surface area contributed by atoms with E-state index in [1.165, 1.54) is 11.1 Å². The molecule has 0 atom stereocenters. The van der Waals surface area contributed by atoms with Crippen LogP contribution in [-0.2, 0) is 5.75 Å². The summed E-state index contributed by atoms with van der Waals surface area (Å²) in [6.07, 6.45) is 0. The van der Waals surface area contributed by atoms with Crippen molar-refractivity contribution < 1.29 is 4.74 Å². The van der Waals surface area contributed by atoms with Crippen LogP contribution in [0.2, 0.25) is 0 Å². The first-order valence-electron chi connectivity index (χ1n) is 8.81. The molecule has 4 heteroatoms. The summed E-state index contributed by atoms with van der Waals surface area (Å²) in [7, 11) is 0. The van der Waals surface area contributed by atoms with E-state index in [1.54, 1.807) is 11.8 Å². The summed E-state index contributed by atoms with van der Waals surface area (Å²) >= 11 is 1.64. The summed E-state index contributed by atoms with van der Waals surface area (Å²) in [5.74, 6) is 2.55. The van der Waals surface area contributed by atoms with Gasteiger partial charge in [0, 0.05) is 11.8 Å². The second-order valence-electron chi connectivity index (χ2n) is 6.76. The Labute approximate surface area is 159 Å². The van der Waals surface area contributed by atoms with Gasteiger partial charge in [0.2, 0.25) is 5.88 Å². The van der Waals surface area contributed by atoms with Crippen LogP contribution in [0.1, 0.15) is 42.1 Å². The van der Waals surface area contributed by atoms with Crippen LogP contribution in [0, 0.1) is 13.8 Å². The van der Waals surface area contributed by atoms with Crippen LogP contribution in [0.5, 0.6) is 11.6 Å². The molecule has 0 aliphatic rings. The number of ether oxygens (including phenoxy) is 1. The maximum absolute atomic E-state index is 5.99. The summed E-state index contributed by atoms with van der Waals surface area (Å²) < 4.78 is 5.99. The van der Waals surface area contributed by atoms with E-state index in [1.807, 2.05) is 24.3 Å². The van der Waals surface area contributed by atoms with Gasteiger partial charge in [0.25, 0.3) is 0 Å². The van der Waals surface area contributed by atoms with Crippen molar-refractivity contribution in [3.05, 3.63) is 77.0 Å². The summed E-state index contributed by atoms with van der Waals surface area (Å²) in [6.45, 7) is 8.41. The Morgan fingerprint density at radius 2 is 1.69 bits per heavy atom. The van der Waals surface area contributed by atoms with Crippen LogP contribution in [0.15, 0.2) is 59.8 Å². The molecule has 1 aromatic heterocycles. The summed E-state index contributed by atoms with van der Waals surface area (Å²) in [6, 6.07) is 18.5. The fraction of sp³-hybridized carbons (Fsp3) is 0.273. The molecule has 0 saturated carbocycles. The highest BCUT2D eigenvalue weighted by molar-refractivity contribution is 7.98. The minimum Gasteiger partial charge on any atom is -0.439 e. The number of benzene rings is 2. The van der Waals surface area contributed by atoms with Crippen molar-refractivity contribution in [3.8, 4) is 11.6 Å². The van der Waals surface area contributed by atoms with Gasteiger partial charge < -0.3 is 4.74 Å². The predicted molar refractivity (Wildman–Crippen MR) is 108 cm³/mol. The maximum atomic E-state index is 5.99. The molecule has 0 amide bonds. The first-order valence-corrected chi connectivity index (χ1v) is 9.80. The van der Waals surface area contributed by atoms with Gasteiger partial charge in [-0.15, -0.1) is 0 Å². The first kappa shape index (κ1) is 18.5. The van der Waals surface area contributed by atoms with E-state index in [0.29, 0.717) is 11.8 Å². The fourth-order valence-corrected chi connectivity index (χ4v) is 3.28. The van der Waals surface area contributed by atoms with Gasteiger partial charge in [-0.2, -0.15) is 4.98 Å². The van der Waals surface area contributed by atoms with Gasteiger partial charge in [0.1, 0.15) is 5.75 Å². The van der Waals surface area contributed by atoms with E-state index >= 15 is 0 Å². The second kappa shape index (κ2) is 8.37. The largest absolute Gasteiger partial charge is 0.439 e. The number of aryl methyl sites for hydroxylation is 2. The molecule has 134 valence electrons. The van der Waals surface area contributed by atoms with E-state index in [4.69, 9.17) is 9.72 Å². The molecule has 0 unspecified atom stereocenters. The Morgan fingerprint density at radius 1 is 0.923 bits per heavy atom. The van der Waals surface area contributed by atoms with E-state index in [0.717, 1.165) is 27.9 Å². The molecule has 3 nitrogen and oxygen atoms in total. The normalized spacial score (nSPS) is 11.0. The van der Waals surface area contributed by atoms with E-state index < -0.39 is 0 Å². The highest BCUT2D eigenvalue weighted by Gasteiger charge is 2.10. The Kier molecular flexibility index (Phi) is 5.94. The third-order valence-corrected chi connectivity index (χ3v) is 4.91. The number of hydrogen-bond acceptors (Lipinski definition) is 4. The minimum atomic E-state index is 0.316. The van der Waals surface area contributed by atoms with E-state index in [9.17, 15) is 0 Å². The van der Waals surface area contributed by atoms with Crippen molar-refractivity contribution in [2.24, 2.45) is 0 Å². The number of thioether (sulfide) groups is 1. The highest BCUT2D eigenvalue weighted by Crippen LogP contribution is 2.28. The van der Waals surface area contributed by atoms with Crippen LogP contribution >= 0.6 is 11.8 Å². The van der Waals surface area contributed by atoms with Crippen molar-refractivity contribution in [2.75, 3.05) is 0 Å². The first-order chi connectivity index (χ1) is 12.5. The summed E-state index contributed by atoms with van der Waals surface area (Å²) in [4.78, 5) is 9.30. The summed E-state index contributed by atoms with van der Waals surface area (Å²) in [5.41, 5.74) is 4.69. The number of nitrogens with zero attached hydrogens (tertiary/aromatic N) is 2. The van der Waals surface area contributed by atoms with Crippen LogP contribution in [0.3, 0.4) is 0 Å². The second-order valence-corrected chi connectivity index (χ2v) is 7.70. The molecule has 0 aliphatic heterocycles. The monoisotopic (exact) mass is 364 g/mol. The zero-order chi connectivity index (χ0) is 18.5. The Morgan fingerprint density at radius 3 is 2.38 bits per heavy atom. The lowest BCUT2D eigenvalue weighted by molar-refractivity contribution is 0.452. The molecule has 26 heavy (non-hydrogen) atoms. The molecular weight excluding hydrogens is 340 g/mol. The number of rotatable bonds is 6. The van der Waals surface area contributed by atoms with E-state index in [2.05, 4.69) is 63.0 Å². The fourth-order valence-electron chi connectivity index (χ4n) is 2.47. The molecule has 0 spiro atoms. The standard InChI is InChI=1S/C22H24N2OS/c1-15(2)20-13-21(25-19-7-5-6-17(4)12-19)24-22(23-20)26-14-18-10-8-16(3)9-11-18/h5-13,15H,14H2,1-4H3. The van der Waals surface area contributed by atoms with E-state index in [-0.39, 0.29) is 0 Å². The van der Waals surface area contributed by atoms with Crippen molar-refractivity contribution >= 4 is 11.8 Å². The summed E-state index contributed by atoms with van der Waals surface area (Å²) in [5, 5.41) is 0.749. The van der Waals surface area contributed by atoms with Gasteiger partial charge in [-0.05, 0) is 43.0 Å². The molecule has 2 aromatic carbocycles. The van der Waals surface area contributed by atoms with Gasteiger partial charge in [-0.1, -0.05) is 67.6 Å². The molecule has 3 rings (SSSR count). The minimum absolute atomic E-state index is 0.316. The molecule has 0 aliphatic carbocycles. The third-order valence-electron chi connectivity index (χ3n) is 3.99. The van der Waals surface area contributed by atoms with Gasteiger partial charge in [0.05, 0.1) is 5.69 Å². The maximum Gasteiger partial charge on any atom is 0.223 e. The molecule has 3 aromatic rings. The lowest BCUT2D eigenvalue weighted by atomic mass is 10.1. The van der Waals surface area contributed by atoms with Crippen molar-refractivity contribution in [1.82, 2.24) is 9.97 Å². The quantitative estimate of drug-likeness (QED) is 0.380. The Hall–Kier alpha value is -2.33. The molecule has 0 fully saturated rings. The molecule has 1 heterocycles. The Balaban J connectivity index is 1.80. The molecular formula is C22H24N2OS. The number of aromatic nitrogens is 2. The average molecular weight is 365 g/mol. The zero-order valence-electron chi connectivity index (χ0n) is 15.7. The number of hydrogen-bond donors (Lipinski definition) is 0. The topological polar surface area (TPSA) is 35.0 Å². The SMILES string of the molecule is Cc1ccc(CSc2nc(Oc3cccc(C)c3)cc(C(C)C)n2)cc1. The lowest BCUT2D eigenvalue weighted by Crippen LogP contribution is -2.00. The van der Waals surface area contributed by atoms with Crippen molar-refractivity contribution in [1.29, 1.82) is 0 Å². The highest BCUT2D eigenvalue weighted by atomic mass is 32.2. The molecule has 0 saturated heterocycles. The van der Waals surface area contributed by atoms with Gasteiger partial charge in [0.15, 0.2) is 5.16 Å². The van der Waals surface area contributed by atoms with Crippen LogP contribution < -0.4 is 4.74 Å². The van der Waals surface area contributed by atoms with Crippen molar-refractivity contribution in [2.45, 2.75) is 44.5 Å². The Bertz CT molecular complexity index is 876. The smallest absolute Gasteiger partial charge is 0.223 e. The molecule has 0 N–H and O–H groups in total. The predicted octanol–water partition coefficient (Wildman–Crippen LogP) is 6.30. The zero-order valence-corrected chi connectivity index (χ0v) is 16.5. The third kappa shape index (κ3) is 5.09. The van der Waals surface area contributed by atoms with Crippen LogP contribution in [0.4, 0.5) is 0 Å². The van der Waals surface area contributed by atoms with Crippen molar-refractivity contribution in [3.63, 3.8) is 0 Å². The molecule has 0 bridgehead atoms. The lowest BCUT2D eigenvalue weighted by Gasteiger charge is -2.11.